The summed E-state index contributed by atoms with van der Waals surface area (Å²) in [4.78, 5) is 25.4. The third-order valence-electron chi connectivity index (χ3n) is 1.27. The maximum atomic E-state index is 11.0. The van der Waals surface area contributed by atoms with Gasteiger partial charge in [0.05, 0.1) is 13.2 Å². The smallest absolute Gasteiger partial charge is 0.396 e. The molecule has 76 valence electrons. The highest BCUT2D eigenvalue weighted by atomic mass is 16.5. The number of esters is 1. The molecule has 0 atom stereocenters. The third kappa shape index (κ3) is 2.85. The van der Waals surface area contributed by atoms with Gasteiger partial charge in [-0.3, -0.25) is 4.79 Å². The maximum absolute atomic E-state index is 11.0. The molecule has 14 heavy (non-hydrogen) atoms. The van der Waals surface area contributed by atoms with Gasteiger partial charge in [-0.25, -0.2) is 4.79 Å². The standard InChI is InChI=1S/C7H9N3O4/c1-2-13-7(12)6(11)8-3-5-9-4-14-10-5/h4H,2-3H2,1H3,(H,8,11). The summed E-state index contributed by atoms with van der Waals surface area (Å²) in [5, 5.41) is 5.71. The summed E-state index contributed by atoms with van der Waals surface area (Å²) < 4.78 is 8.88. The number of ether oxygens (including phenoxy) is 1. The van der Waals surface area contributed by atoms with Gasteiger partial charge in [-0.1, -0.05) is 5.16 Å². The van der Waals surface area contributed by atoms with E-state index in [4.69, 9.17) is 0 Å². The fourth-order valence-corrected chi connectivity index (χ4v) is 0.698. The third-order valence-corrected chi connectivity index (χ3v) is 1.27. The van der Waals surface area contributed by atoms with Crippen molar-refractivity contribution in [3.05, 3.63) is 12.2 Å². The van der Waals surface area contributed by atoms with Crippen molar-refractivity contribution in [2.45, 2.75) is 13.5 Å². The Morgan fingerprint density at radius 3 is 3.00 bits per heavy atom. The predicted octanol–water partition coefficient (Wildman–Crippen LogP) is -0.751. The lowest BCUT2D eigenvalue weighted by atomic mass is 10.5. The predicted molar refractivity (Wildman–Crippen MR) is 42.8 cm³/mol. The molecule has 7 nitrogen and oxygen atoms in total. The summed E-state index contributed by atoms with van der Waals surface area (Å²) in [5.74, 6) is -1.45. The molecule has 7 heteroatoms. The van der Waals surface area contributed by atoms with Gasteiger partial charge in [-0.2, -0.15) is 4.98 Å². The molecular formula is C7H9N3O4. The Balaban J connectivity index is 2.31. The molecule has 1 aromatic rings. The summed E-state index contributed by atoms with van der Waals surface area (Å²) in [6, 6.07) is 0. The second-order valence-electron chi connectivity index (χ2n) is 2.25. The molecule has 0 aliphatic carbocycles. The van der Waals surface area contributed by atoms with E-state index in [2.05, 4.69) is 24.7 Å². The minimum Gasteiger partial charge on any atom is -0.459 e. The van der Waals surface area contributed by atoms with Gasteiger partial charge >= 0.3 is 11.9 Å². The average molecular weight is 199 g/mol. The van der Waals surface area contributed by atoms with Gasteiger partial charge in [0.25, 0.3) is 0 Å². The number of carbonyl (C=O) groups is 2. The lowest BCUT2D eigenvalue weighted by molar-refractivity contribution is -0.154. The van der Waals surface area contributed by atoms with Gasteiger partial charge in [-0.05, 0) is 6.92 Å². The molecule has 0 aromatic carbocycles. The van der Waals surface area contributed by atoms with Crippen LogP contribution in [-0.4, -0.2) is 28.6 Å². The number of hydrogen-bond donors (Lipinski definition) is 1. The van der Waals surface area contributed by atoms with Crippen LogP contribution in [0.3, 0.4) is 0 Å². The zero-order chi connectivity index (χ0) is 10.4. The molecule has 1 amide bonds. The van der Waals surface area contributed by atoms with Crippen LogP contribution >= 0.6 is 0 Å². The van der Waals surface area contributed by atoms with Crippen molar-refractivity contribution >= 4 is 11.9 Å². The van der Waals surface area contributed by atoms with Gasteiger partial charge in [-0.15, -0.1) is 0 Å². The fraction of sp³-hybridized carbons (Fsp3) is 0.429. The summed E-state index contributed by atoms with van der Waals surface area (Å²) in [6.07, 6.45) is 1.13. The van der Waals surface area contributed by atoms with E-state index in [1.54, 1.807) is 6.92 Å². The van der Waals surface area contributed by atoms with Crippen LogP contribution in [0.5, 0.6) is 0 Å². The number of rotatable bonds is 3. The molecule has 0 saturated carbocycles. The van der Waals surface area contributed by atoms with Crippen molar-refractivity contribution < 1.29 is 18.8 Å². The van der Waals surface area contributed by atoms with E-state index in [1.165, 1.54) is 0 Å². The molecule has 0 radical (unpaired) electrons. The first kappa shape index (κ1) is 10.2. The molecule has 0 fully saturated rings. The Bertz CT molecular complexity index is 309. The zero-order valence-electron chi connectivity index (χ0n) is 7.52. The monoisotopic (exact) mass is 199 g/mol. The number of amides is 1. The largest absolute Gasteiger partial charge is 0.459 e. The number of hydrogen-bond acceptors (Lipinski definition) is 6. The first-order chi connectivity index (χ1) is 6.74. The van der Waals surface area contributed by atoms with Crippen LogP contribution in [0.1, 0.15) is 12.7 Å². The van der Waals surface area contributed by atoms with Crippen LogP contribution in [-0.2, 0) is 20.9 Å². The van der Waals surface area contributed by atoms with Crippen LogP contribution in [0.2, 0.25) is 0 Å². The highest BCUT2D eigenvalue weighted by molar-refractivity contribution is 6.32. The normalized spacial score (nSPS) is 9.50. The van der Waals surface area contributed by atoms with Crippen molar-refractivity contribution in [3.63, 3.8) is 0 Å². The number of nitrogens with one attached hydrogen (secondary N) is 1. The minimum absolute atomic E-state index is 0.0359. The highest BCUT2D eigenvalue weighted by Gasteiger charge is 2.14. The molecule has 1 aromatic heterocycles. The van der Waals surface area contributed by atoms with E-state index in [1.807, 2.05) is 0 Å². The highest BCUT2D eigenvalue weighted by Crippen LogP contribution is 1.87. The molecule has 0 saturated heterocycles. The lowest BCUT2D eigenvalue weighted by Crippen LogP contribution is -2.32. The lowest BCUT2D eigenvalue weighted by Gasteiger charge is -2.00. The summed E-state index contributed by atoms with van der Waals surface area (Å²) >= 11 is 0. The van der Waals surface area contributed by atoms with Gasteiger partial charge in [0.1, 0.15) is 0 Å². The summed E-state index contributed by atoms with van der Waals surface area (Å²) in [6.45, 7) is 1.81. The molecule has 0 aliphatic heterocycles. The van der Waals surface area contributed by atoms with Crippen LogP contribution < -0.4 is 5.32 Å². The SMILES string of the molecule is CCOC(=O)C(=O)NCc1ncon1. The maximum Gasteiger partial charge on any atom is 0.396 e. The molecule has 1 rings (SSSR count). The number of carbonyl (C=O) groups excluding carboxylic acids is 2. The van der Waals surface area contributed by atoms with Crippen molar-refractivity contribution in [1.82, 2.24) is 15.5 Å². The van der Waals surface area contributed by atoms with Gasteiger partial charge in [0.15, 0.2) is 5.82 Å². The Morgan fingerprint density at radius 1 is 1.64 bits per heavy atom. The van der Waals surface area contributed by atoms with E-state index in [0.717, 1.165) is 6.39 Å². The second kappa shape index (κ2) is 4.95. The molecular weight excluding hydrogens is 190 g/mol. The van der Waals surface area contributed by atoms with Crippen LogP contribution in [0.4, 0.5) is 0 Å². The molecule has 1 heterocycles. The van der Waals surface area contributed by atoms with Crippen molar-refractivity contribution in [2.24, 2.45) is 0 Å². The Kier molecular flexibility index (Phi) is 3.59. The average Bonchev–Trinajstić information content (AvgIpc) is 2.67. The quantitative estimate of drug-likeness (QED) is 0.508. The van der Waals surface area contributed by atoms with E-state index >= 15 is 0 Å². The van der Waals surface area contributed by atoms with Crippen molar-refractivity contribution in [3.8, 4) is 0 Å². The van der Waals surface area contributed by atoms with E-state index in [-0.39, 0.29) is 13.2 Å². The summed E-state index contributed by atoms with van der Waals surface area (Å²) in [5.41, 5.74) is 0. The minimum atomic E-state index is -0.920. The zero-order valence-corrected chi connectivity index (χ0v) is 7.52. The Labute approximate surface area is 79.4 Å². The molecule has 0 bridgehead atoms. The van der Waals surface area contributed by atoms with E-state index in [0.29, 0.717) is 5.82 Å². The number of aromatic nitrogens is 2. The van der Waals surface area contributed by atoms with Crippen LogP contribution in [0.25, 0.3) is 0 Å². The number of nitrogens with zero attached hydrogens (tertiary/aromatic N) is 2. The van der Waals surface area contributed by atoms with Gasteiger partial charge < -0.3 is 14.6 Å². The molecule has 1 N–H and O–H groups in total. The first-order valence-electron chi connectivity index (χ1n) is 3.94. The molecule has 0 aliphatic rings. The second-order valence-corrected chi connectivity index (χ2v) is 2.25. The van der Waals surface area contributed by atoms with E-state index in [9.17, 15) is 9.59 Å². The van der Waals surface area contributed by atoms with Crippen molar-refractivity contribution in [2.75, 3.05) is 6.61 Å². The van der Waals surface area contributed by atoms with E-state index < -0.39 is 11.9 Å². The van der Waals surface area contributed by atoms with Gasteiger partial charge in [0.2, 0.25) is 6.39 Å². The van der Waals surface area contributed by atoms with Crippen LogP contribution in [0.15, 0.2) is 10.9 Å². The topological polar surface area (TPSA) is 94.3 Å². The van der Waals surface area contributed by atoms with Crippen LogP contribution in [0, 0.1) is 0 Å². The van der Waals surface area contributed by atoms with Crippen molar-refractivity contribution in [1.29, 1.82) is 0 Å². The molecule has 0 spiro atoms. The molecule has 0 unspecified atom stereocenters. The van der Waals surface area contributed by atoms with Gasteiger partial charge in [0, 0.05) is 0 Å². The first-order valence-corrected chi connectivity index (χ1v) is 3.94. The summed E-state index contributed by atoms with van der Waals surface area (Å²) in [7, 11) is 0. The fourth-order valence-electron chi connectivity index (χ4n) is 0.698. The Morgan fingerprint density at radius 2 is 2.43 bits per heavy atom. The Hall–Kier alpha value is -1.92.